The molecule has 0 bridgehead atoms. The third-order valence-electron chi connectivity index (χ3n) is 3.08. The Bertz CT molecular complexity index is 463. The van der Waals surface area contributed by atoms with Crippen LogP contribution >= 0.6 is 0 Å². The predicted molar refractivity (Wildman–Crippen MR) is 78.0 cm³/mol. The molecule has 0 aliphatic rings. The maximum absolute atomic E-state index is 12.4. The molecule has 0 aliphatic carbocycles. The highest BCUT2D eigenvalue weighted by Gasteiger charge is 2.21. The quantitative estimate of drug-likeness (QED) is 0.648. The van der Waals surface area contributed by atoms with Crippen LogP contribution in [0, 0.1) is 0 Å². The summed E-state index contributed by atoms with van der Waals surface area (Å²) in [5, 5.41) is 0. The van der Waals surface area contributed by atoms with Crippen LogP contribution in [0.15, 0.2) is 12.1 Å². The first-order valence-corrected chi connectivity index (χ1v) is 6.43. The number of hydrogen-bond acceptors (Lipinski definition) is 4. The summed E-state index contributed by atoms with van der Waals surface area (Å²) in [6.45, 7) is 10.1. The third kappa shape index (κ3) is 3.67. The maximum atomic E-state index is 12.4. The zero-order valence-electron chi connectivity index (χ0n) is 12.6. The van der Waals surface area contributed by atoms with Crippen molar-refractivity contribution in [3.05, 3.63) is 23.4 Å². The van der Waals surface area contributed by atoms with E-state index in [0.29, 0.717) is 11.4 Å². The van der Waals surface area contributed by atoms with Crippen molar-refractivity contribution in [2.24, 2.45) is 5.84 Å². The molecule has 0 aromatic carbocycles. The Kier molecular flexibility index (Phi) is 4.52. The number of hydrogen-bond donors (Lipinski definition) is 2. The molecule has 0 fully saturated rings. The van der Waals surface area contributed by atoms with Crippen LogP contribution in [0.5, 0.6) is 0 Å². The van der Waals surface area contributed by atoms with Gasteiger partial charge in [-0.25, -0.2) is 10.8 Å². The number of hydrazine groups is 1. The number of nitrogen functional groups attached to an aromatic ring is 1. The second-order valence-corrected chi connectivity index (χ2v) is 6.03. The summed E-state index contributed by atoms with van der Waals surface area (Å²) >= 11 is 0. The van der Waals surface area contributed by atoms with Gasteiger partial charge in [0.15, 0.2) is 0 Å². The van der Waals surface area contributed by atoms with Gasteiger partial charge in [-0.15, -0.1) is 0 Å². The minimum Gasteiger partial charge on any atom is -0.339 e. The van der Waals surface area contributed by atoms with Crippen LogP contribution in [-0.2, 0) is 5.41 Å². The Labute approximate surface area is 115 Å². The van der Waals surface area contributed by atoms with Crippen molar-refractivity contribution in [3.8, 4) is 0 Å². The van der Waals surface area contributed by atoms with Crippen molar-refractivity contribution in [2.75, 3.05) is 12.5 Å². The Hall–Kier alpha value is -1.62. The first kappa shape index (κ1) is 15.4. The highest BCUT2D eigenvalue weighted by molar-refractivity contribution is 5.95. The van der Waals surface area contributed by atoms with Gasteiger partial charge in [0.05, 0.1) is 0 Å². The van der Waals surface area contributed by atoms with Gasteiger partial charge in [-0.05, 0) is 26.0 Å². The van der Waals surface area contributed by atoms with Gasteiger partial charge in [-0.3, -0.25) is 4.79 Å². The minimum absolute atomic E-state index is 0.0283. The van der Waals surface area contributed by atoms with E-state index in [1.54, 1.807) is 18.0 Å². The lowest BCUT2D eigenvalue weighted by molar-refractivity contribution is 0.0754. The predicted octanol–water partition coefficient (Wildman–Crippen LogP) is 2.15. The molecule has 0 saturated heterocycles. The number of amides is 1. The molecule has 5 heteroatoms. The molecule has 5 nitrogen and oxygen atoms in total. The van der Waals surface area contributed by atoms with Crippen molar-refractivity contribution in [2.45, 2.75) is 46.1 Å². The summed E-state index contributed by atoms with van der Waals surface area (Å²) in [4.78, 5) is 18.5. The Balaban J connectivity index is 3.25. The van der Waals surface area contributed by atoms with Gasteiger partial charge >= 0.3 is 0 Å². The molecular formula is C14H24N4O. The summed E-state index contributed by atoms with van der Waals surface area (Å²) in [6, 6.07) is 3.66. The van der Waals surface area contributed by atoms with E-state index < -0.39 is 0 Å². The van der Waals surface area contributed by atoms with E-state index in [9.17, 15) is 4.79 Å². The summed E-state index contributed by atoms with van der Waals surface area (Å²) in [5.41, 5.74) is 3.82. The summed E-state index contributed by atoms with van der Waals surface area (Å²) in [7, 11) is 1.79. The zero-order valence-corrected chi connectivity index (χ0v) is 12.6. The van der Waals surface area contributed by atoms with Crippen LogP contribution in [0.4, 0.5) is 5.82 Å². The first-order valence-electron chi connectivity index (χ1n) is 6.43. The van der Waals surface area contributed by atoms with Gasteiger partial charge < -0.3 is 10.3 Å². The lowest BCUT2D eigenvalue weighted by Gasteiger charge is -2.24. The van der Waals surface area contributed by atoms with Crippen LogP contribution < -0.4 is 11.3 Å². The van der Waals surface area contributed by atoms with Gasteiger partial charge in [0, 0.05) is 29.8 Å². The van der Waals surface area contributed by atoms with Crippen molar-refractivity contribution in [3.63, 3.8) is 0 Å². The van der Waals surface area contributed by atoms with E-state index in [4.69, 9.17) is 5.84 Å². The van der Waals surface area contributed by atoms with Crippen LogP contribution in [0.3, 0.4) is 0 Å². The van der Waals surface area contributed by atoms with Crippen LogP contribution in [0.1, 0.15) is 50.7 Å². The van der Waals surface area contributed by atoms with E-state index in [1.807, 2.05) is 19.9 Å². The van der Waals surface area contributed by atoms with Gasteiger partial charge in [0.2, 0.25) is 0 Å². The molecule has 0 saturated carbocycles. The lowest BCUT2D eigenvalue weighted by atomic mass is 9.90. The normalized spacial score (nSPS) is 11.6. The molecule has 0 atom stereocenters. The second-order valence-electron chi connectivity index (χ2n) is 6.03. The highest BCUT2D eigenvalue weighted by Crippen LogP contribution is 2.23. The SMILES string of the molecule is CC(C)N(C)C(=O)c1cc(NN)nc(C(C)(C)C)c1. The molecule has 19 heavy (non-hydrogen) atoms. The van der Waals surface area contributed by atoms with E-state index in [0.717, 1.165) is 5.69 Å². The van der Waals surface area contributed by atoms with Crippen molar-refractivity contribution in [1.29, 1.82) is 0 Å². The molecule has 1 aromatic rings. The highest BCUT2D eigenvalue weighted by atomic mass is 16.2. The molecule has 1 rings (SSSR count). The van der Waals surface area contributed by atoms with E-state index in [2.05, 4.69) is 31.2 Å². The number of nitrogens with two attached hydrogens (primary N) is 1. The van der Waals surface area contributed by atoms with Gasteiger partial charge in [0.25, 0.3) is 5.91 Å². The first-order chi connectivity index (χ1) is 8.66. The fourth-order valence-electron chi connectivity index (χ4n) is 1.55. The average Bonchev–Trinajstić information content (AvgIpc) is 2.35. The number of pyridine rings is 1. The maximum Gasteiger partial charge on any atom is 0.254 e. The Morgan fingerprint density at radius 3 is 2.37 bits per heavy atom. The molecule has 106 valence electrons. The molecule has 1 heterocycles. The van der Waals surface area contributed by atoms with Crippen molar-refractivity contribution >= 4 is 11.7 Å². The topological polar surface area (TPSA) is 71.2 Å². The summed E-state index contributed by atoms with van der Waals surface area (Å²) < 4.78 is 0. The summed E-state index contributed by atoms with van der Waals surface area (Å²) in [6.07, 6.45) is 0. The number of nitrogens with zero attached hydrogens (tertiary/aromatic N) is 2. The number of carbonyl (C=O) groups excluding carboxylic acids is 1. The number of rotatable bonds is 3. The monoisotopic (exact) mass is 264 g/mol. The van der Waals surface area contributed by atoms with E-state index in [-0.39, 0.29) is 17.4 Å². The average molecular weight is 264 g/mol. The largest absolute Gasteiger partial charge is 0.339 e. The van der Waals surface area contributed by atoms with Gasteiger partial charge in [-0.1, -0.05) is 20.8 Å². The van der Waals surface area contributed by atoms with Crippen molar-refractivity contribution in [1.82, 2.24) is 9.88 Å². The van der Waals surface area contributed by atoms with Crippen LogP contribution in [0.25, 0.3) is 0 Å². The molecule has 0 radical (unpaired) electrons. The third-order valence-corrected chi connectivity index (χ3v) is 3.08. The van der Waals surface area contributed by atoms with Crippen molar-refractivity contribution < 1.29 is 4.79 Å². The molecule has 0 aliphatic heterocycles. The molecule has 1 amide bonds. The molecule has 1 aromatic heterocycles. The number of carbonyl (C=O) groups is 1. The molecule has 0 spiro atoms. The molecule has 0 unspecified atom stereocenters. The van der Waals surface area contributed by atoms with E-state index >= 15 is 0 Å². The van der Waals surface area contributed by atoms with E-state index in [1.165, 1.54) is 0 Å². The Morgan fingerprint density at radius 2 is 1.95 bits per heavy atom. The number of anilines is 1. The molecular weight excluding hydrogens is 240 g/mol. The summed E-state index contributed by atoms with van der Waals surface area (Å²) in [5.74, 6) is 5.91. The van der Waals surface area contributed by atoms with Gasteiger partial charge in [-0.2, -0.15) is 0 Å². The van der Waals surface area contributed by atoms with Gasteiger partial charge in [0.1, 0.15) is 5.82 Å². The zero-order chi connectivity index (χ0) is 14.8. The lowest BCUT2D eigenvalue weighted by Crippen LogP contribution is -2.33. The number of nitrogens with one attached hydrogen (secondary N) is 1. The Morgan fingerprint density at radius 1 is 1.37 bits per heavy atom. The number of aromatic nitrogens is 1. The smallest absolute Gasteiger partial charge is 0.254 e. The minimum atomic E-state index is -0.141. The standard InChI is InChI=1S/C14H24N4O/c1-9(2)18(6)13(19)10-7-11(14(3,4)5)16-12(8-10)17-15/h7-9H,15H2,1-6H3,(H,16,17). The van der Waals surface area contributed by atoms with Crippen LogP contribution in [0.2, 0.25) is 0 Å². The second kappa shape index (κ2) is 5.57. The fourth-order valence-corrected chi connectivity index (χ4v) is 1.55. The fraction of sp³-hybridized carbons (Fsp3) is 0.571. The molecule has 3 N–H and O–H groups in total. The van der Waals surface area contributed by atoms with Crippen LogP contribution in [-0.4, -0.2) is 28.9 Å².